The van der Waals surface area contributed by atoms with Crippen molar-refractivity contribution < 1.29 is 14.0 Å². The fraction of sp³-hybridized carbons (Fsp3) is 0.125. The van der Waals surface area contributed by atoms with Crippen LogP contribution in [0.1, 0.15) is 17.3 Å². The number of hydrogen-bond donors (Lipinski definition) is 2. The molecule has 2 aromatic heterocycles. The van der Waals surface area contributed by atoms with E-state index in [-0.39, 0.29) is 17.4 Å². The number of nitrogens with one attached hydrogen (secondary N) is 1. The summed E-state index contributed by atoms with van der Waals surface area (Å²) in [6, 6.07) is 10.1. The summed E-state index contributed by atoms with van der Waals surface area (Å²) < 4.78 is 6.51. The van der Waals surface area contributed by atoms with Gasteiger partial charge >= 0.3 is 0 Å². The van der Waals surface area contributed by atoms with Gasteiger partial charge in [0, 0.05) is 11.3 Å². The second-order valence-electron chi connectivity index (χ2n) is 5.12. The zero-order valence-corrected chi connectivity index (χ0v) is 14.1. The molecule has 0 atom stereocenters. The Balaban J connectivity index is 1.58. The average Bonchev–Trinajstić information content (AvgIpc) is 3.23. The van der Waals surface area contributed by atoms with E-state index in [2.05, 4.69) is 15.5 Å². The Hall–Kier alpha value is -3.07. The number of carbonyl (C=O) groups is 2. The lowest BCUT2D eigenvalue weighted by atomic mass is 10.1. The van der Waals surface area contributed by atoms with Gasteiger partial charge in [0.25, 0.3) is 0 Å². The maximum atomic E-state index is 12.0. The van der Waals surface area contributed by atoms with Crippen LogP contribution in [0.25, 0.3) is 11.6 Å². The van der Waals surface area contributed by atoms with Crippen molar-refractivity contribution in [2.45, 2.75) is 12.1 Å². The number of carbonyl (C=O) groups excluding carboxylic acids is 2. The van der Waals surface area contributed by atoms with E-state index < -0.39 is 0 Å². The van der Waals surface area contributed by atoms with E-state index in [4.69, 9.17) is 10.3 Å². The van der Waals surface area contributed by atoms with Crippen molar-refractivity contribution in [2.24, 2.45) is 0 Å². The molecule has 25 heavy (non-hydrogen) atoms. The summed E-state index contributed by atoms with van der Waals surface area (Å²) in [6.45, 7) is 1.49. The van der Waals surface area contributed by atoms with E-state index in [1.807, 2.05) is 0 Å². The number of Topliss-reactive ketones (excluding diaryl/α,β-unsaturated/α-hetero) is 1. The monoisotopic (exact) mass is 357 g/mol. The van der Waals surface area contributed by atoms with Crippen molar-refractivity contribution in [2.75, 3.05) is 16.9 Å². The molecule has 0 spiro atoms. The minimum absolute atomic E-state index is 0.0249. The van der Waals surface area contributed by atoms with Crippen LogP contribution < -0.4 is 11.2 Å². The van der Waals surface area contributed by atoms with E-state index in [1.165, 1.54) is 17.9 Å². The first kappa shape index (κ1) is 16.8. The van der Waals surface area contributed by atoms with E-state index in [0.29, 0.717) is 28.0 Å². The third-order valence-electron chi connectivity index (χ3n) is 3.31. The number of rotatable bonds is 6. The number of thioether (sulfide) groups is 1. The zero-order valence-electron chi connectivity index (χ0n) is 13.3. The minimum Gasteiger partial charge on any atom is -0.461 e. The molecule has 0 radical (unpaired) electrons. The van der Waals surface area contributed by atoms with Crippen LogP contribution in [-0.4, -0.2) is 32.3 Å². The highest BCUT2D eigenvalue weighted by Crippen LogP contribution is 2.22. The maximum absolute atomic E-state index is 12.0. The highest BCUT2D eigenvalue weighted by molar-refractivity contribution is 7.99. The van der Waals surface area contributed by atoms with Gasteiger partial charge < -0.3 is 15.6 Å². The lowest BCUT2D eigenvalue weighted by molar-refractivity contribution is -0.113. The summed E-state index contributed by atoms with van der Waals surface area (Å²) in [4.78, 5) is 23.3. The van der Waals surface area contributed by atoms with Crippen molar-refractivity contribution in [3.8, 4) is 11.6 Å². The molecule has 2 heterocycles. The van der Waals surface area contributed by atoms with E-state index in [9.17, 15) is 9.59 Å². The Kier molecular flexibility index (Phi) is 4.85. The second-order valence-corrected chi connectivity index (χ2v) is 6.07. The molecule has 0 saturated carbocycles. The molecule has 0 aliphatic carbocycles. The SMILES string of the molecule is CC(=O)c1ccc(NC(=O)CSc2nnc(-c3ccco3)n2N)cc1. The zero-order chi connectivity index (χ0) is 17.8. The van der Waals surface area contributed by atoms with Crippen LogP contribution in [0.5, 0.6) is 0 Å². The van der Waals surface area contributed by atoms with Crippen molar-refractivity contribution in [3.63, 3.8) is 0 Å². The van der Waals surface area contributed by atoms with Crippen molar-refractivity contribution in [3.05, 3.63) is 48.2 Å². The van der Waals surface area contributed by atoms with Crippen LogP contribution >= 0.6 is 11.8 Å². The summed E-state index contributed by atoms with van der Waals surface area (Å²) in [5.74, 6) is 6.67. The van der Waals surface area contributed by atoms with Gasteiger partial charge in [0.1, 0.15) is 0 Å². The molecule has 0 aliphatic rings. The van der Waals surface area contributed by atoms with Crippen LogP contribution in [0.15, 0.2) is 52.2 Å². The highest BCUT2D eigenvalue weighted by Gasteiger charge is 2.15. The molecule has 0 bridgehead atoms. The molecular formula is C16H15N5O3S. The lowest BCUT2D eigenvalue weighted by Gasteiger charge is -2.05. The van der Waals surface area contributed by atoms with Gasteiger partial charge in [-0.15, -0.1) is 10.2 Å². The number of furan rings is 1. The number of anilines is 1. The van der Waals surface area contributed by atoms with Crippen molar-refractivity contribution in [1.82, 2.24) is 14.9 Å². The fourth-order valence-corrected chi connectivity index (χ4v) is 2.72. The molecule has 0 unspecified atom stereocenters. The first-order valence-corrected chi connectivity index (χ1v) is 8.31. The molecular weight excluding hydrogens is 342 g/mol. The number of ketones is 1. The predicted octanol–water partition coefficient (Wildman–Crippen LogP) is 2.19. The Morgan fingerprint density at radius 3 is 2.64 bits per heavy atom. The normalized spacial score (nSPS) is 10.6. The third-order valence-corrected chi connectivity index (χ3v) is 4.26. The third kappa shape index (κ3) is 3.89. The summed E-state index contributed by atoms with van der Waals surface area (Å²) in [5.41, 5.74) is 1.20. The first-order valence-electron chi connectivity index (χ1n) is 7.32. The number of nitrogens with two attached hydrogens (primary N) is 1. The Labute approximate surface area is 147 Å². The molecule has 0 aliphatic heterocycles. The van der Waals surface area contributed by atoms with Gasteiger partial charge in [-0.1, -0.05) is 11.8 Å². The quantitative estimate of drug-likeness (QED) is 0.394. The van der Waals surface area contributed by atoms with Crippen LogP contribution in [0, 0.1) is 0 Å². The van der Waals surface area contributed by atoms with Gasteiger partial charge in [0.15, 0.2) is 11.5 Å². The largest absolute Gasteiger partial charge is 0.461 e. The Bertz CT molecular complexity index is 887. The predicted molar refractivity (Wildman–Crippen MR) is 93.7 cm³/mol. The summed E-state index contributed by atoms with van der Waals surface area (Å²) in [6.07, 6.45) is 1.52. The second kappa shape index (κ2) is 7.22. The van der Waals surface area contributed by atoms with Gasteiger partial charge in [0.2, 0.25) is 16.9 Å². The lowest BCUT2D eigenvalue weighted by Crippen LogP contribution is -2.16. The van der Waals surface area contributed by atoms with Gasteiger partial charge in [-0.25, -0.2) is 4.68 Å². The van der Waals surface area contributed by atoms with Crippen molar-refractivity contribution >= 4 is 29.1 Å². The molecule has 3 N–H and O–H groups in total. The number of nitrogens with zero attached hydrogens (tertiary/aromatic N) is 3. The smallest absolute Gasteiger partial charge is 0.234 e. The van der Waals surface area contributed by atoms with E-state index in [0.717, 1.165) is 11.8 Å². The number of nitrogen functional groups attached to an aromatic ring is 1. The molecule has 128 valence electrons. The number of benzene rings is 1. The molecule has 9 heteroatoms. The molecule has 3 aromatic rings. The molecule has 0 fully saturated rings. The molecule has 1 amide bonds. The van der Waals surface area contributed by atoms with Gasteiger partial charge in [0.05, 0.1) is 12.0 Å². The standard InChI is InChI=1S/C16H15N5O3S/c1-10(22)11-4-6-12(7-5-11)18-14(23)9-25-16-20-19-15(21(16)17)13-3-2-8-24-13/h2-8H,9,17H2,1H3,(H,18,23). The molecule has 1 aromatic carbocycles. The van der Waals surface area contributed by atoms with Crippen LogP contribution in [-0.2, 0) is 4.79 Å². The highest BCUT2D eigenvalue weighted by atomic mass is 32.2. The van der Waals surface area contributed by atoms with Crippen molar-refractivity contribution in [1.29, 1.82) is 0 Å². The molecule has 8 nitrogen and oxygen atoms in total. The van der Waals surface area contributed by atoms with E-state index >= 15 is 0 Å². The maximum Gasteiger partial charge on any atom is 0.234 e. The Morgan fingerprint density at radius 2 is 2.00 bits per heavy atom. The van der Waals surface area contributed by atoms with Gasteiger partial charge in [-0.3, -0.25) is 9.59 Å². The number of aromatic nitrogens is 3. The summed E-state index contributed by atoms with van der Waals surface area (Å²) >= 11 is 1.16. The average molecular weight is 357 g/mol. The molecule has 0 saturated heterocycles. The van der Waals surface area contributed by atoms with Gasteiger partial charge in [-0.2, -0.15) is 0 Å². The van der Waals surface area contributed by atoms with Crippen LogP contribution in [0.4, 0.5) is 5.69 Å². The van der Waals surface area contributed by atoms with Crippen LogP contribution in [0.3, 0.4) is 0 Å². The molecule has 3 rings (SSSR count). The topological polar surface area (TPSA) is 116 Å². The van der Waals surface area contributed by atoms with Crippen LogP contribution in [0.2, 0.25) is 0 Å². The Morgan fingerprint density at radius 1 is 1.24 bits per heavy atom. The minimum atomic E-state index is -0.219. The number of hydrogen-bond acceptors (Lipinski definition) is 7. The fourth-order valence-electron chi connectivity index (χ4n) is 2.06. The summed E-state index contributed by atoms with van der Waals surface area (Å²) in [7, 11) is 0. The first-order chi connectivity index (χ1) is 12.0. The van der Waals surface area contributed by atoms with E-state index in [1.54, 1.807) is 36.4 Å². The summed E-state index contributed by atoms with van der Waals surface area (Å²) in [5, 5.41) is 11.1. The van der Waals surface area contributed by atoms with Gasteiger partial charge in [-0.05, 0) is 43.3 Å². The number of amides is 1.